The van der Waals surface area contributed by atoms with Crippen LogP contribution in [0.4, 0.5) is 42.2 Å². The Hall–Kier alpha value is -5.63. The number of hydrazone groups is 1. The molecule has 21 heteroatoms. The van der Waals surface area contributed by atoms with Crippen molar-refractivity contribution in [3.63, 3.8) is 0 Å². The van der Waals surface area contributed by atoms with Gasteiger partial charge in [0.25, 0.3) is 11.8 Å². The first-order valence-electron chi connectivity index (χ1n) is 12.0. The fourth-order valence-corrected chi connectivity index (χ4v) is 3.96. The zero-order valence-corrected chi connectivity index (χ0v) is 22.9. The van der Waals surface area contributed by atoms with Gasteiger partial charge in [0.1, 0.15) is 12.2 Å². The first-order chi connectivity index (χ1) is 21.0. The van der Waals surface area contributed by atoms with E-state index in [0.29, 0.717) is 5.12 Å². The van der Waals surface area contributed by atoms with Crippen LogP contribution in [0.15, 0.2) is 41.6 Å². The first-order valence-corrected chi connectivity index (χ1v) is 12.4. The Bertz CT molecular complexity index is 1790. The van der Waals surface area contributed by atoms with Crippen molar-refractivity contribution in [3.8, 4) is 18.0 Å². The molecule has 0 radical (unpaired) electrons. The van der Waals surface area contributed by atoms with Crippen LogP contribution in [0.5, 0.6) is 0 Å². The number of aromatic nitrogens is 3. The number of aryl methyl sites for hydroxylation is 1. The fourth-order valence-electron chi connectivity index (χ4n) is 3.76. The van der Waals surface area contributed by atoms with E-state index in [4.69, 9.17) is 16.9 Å². The number of alkyl halides is 7. The smallest absolute Gasteiger partial charge is 0.339 e. The number of carbonyl (C=O) groups is 2. The lowest BCUT2D eigenvalue weighted by atomic mass is 10.0. The fraction of sp³-hybridized carbons (Fsp3) is 0.208. The van der Waals surface area contributed by atoms with Crippen LogP contribution >= 0.6 is 11.6 Å². The van der Waals surface area contributed by atoms with Gasteiger partial charge in [-0.3, -0.25) is 15.0 Å². The summed E-state index contributed by atoms with van der Waals surface area (Å²) in [6.07, 6.45) is -5.40. The number of hydrazine groups is 2. The summed E-state index contributed by atoms with van der Waals surface area (Å²) in [5, 5.41) is 29.9. The molecule has 0 atom stereocenters. The van der Waals surface area contributed by atoms with Gasteiger partial charge < -0.3 is 10.6 Å². The maximum absolute atomic E-state index is 14.2. The second-order valence-corrected chi connectivity index (χ2v) is 9.29. The summed E-state index contributed by atoms with van der Waals surface area (Å²) in [5.74, 6) is -17.2. The third-order valence-corrected chi connectivity index (χ3v) is 6.20. The number of benzene rings is 1. The number of nitrogens with zero attached hydrogens (tertiary/aromatic N) is 7. The molecule has 2 aromatic heterocycles. The minimum atomic E-state index is -6.63. The summed E-state index contributed by atoms with van der Waals surface area (Å²) in [7, 11) is 0. The van der Waals surface area contributed by atoms with Gasteiger partial charge in [0, 0.05) is 12.3 Å². The number of anilines is 2. The Labute approximate surface area is 251 Å². The molecule has 1 aromatic carbocycles. The number of halogens is 8. The van der Waals surface area contributed by atoms with Gasteiger partial charge >= 0.3 is 18.0 Å². The second-order valence-electron chi connectivity index (χ2n) is 8.89. The molecule has 0 aliphatic carbocycles. The quantitative estimate of drug-likeness (QED) is 0.208. The van der Waals surface area contributed by atoms with Crippen molar-refractivity contribution < 1.29 is 40.3 Å². The monoisotopic (exact) mass is 657 g/mol. The molecule has 2 amide bonds. The van der Waals surface area contributed by atoms with E-state index in [9.17, 15) is 45.6 Å². The third kappa shape index (κ3) is 5.95. The Morgan fingerprint density at radius 2 is 1.80 bits per heavy atom. The molecule has 1 aliphatic heterocycles. The molecule has 4 rings (SSSR count). The Morgan fingerprint density at radius 3 is 2.42 bits per heavy atom. The normalized spacial score (nSPS) is 13.2. The van der Waals surface area contributed by atoms with Crippen LogP contribution in [0, 0.1) is 29.6 Å². The number of amidine groups is 1. The summed E-state index contributed by atoms with van der Waals surface area (Å²) in [5.41, 5.74) is 2.78. The highest BCUT2D eigenvalue weighted by Crippen LogP contribution is 2.47. The predicted molar refractivity (Wildman–Crippen MR) is 140 cm³/mol. The molecular formula is C24H15ClF7N11O2. The van der Waals surface area contributed by atoms with Crippen molar-refractivity contribution in [2.75, 3.05) is 17.0 Å². The van der Waals surface area contributed by atoms with Gasteiger partial charge in [-0.15, -0.1) is 10.2 Å². The Morgan fingerprint density at radius 1 is 1.09 bits per heavy atom. The molecule has 234 valence electrons. The zero-order chi connectivity index (χ0) is 33.3. The van der Waals surface area contributed by atoms with Crippen molar-refractivity contribution >= 4 is 40.8 Å². The zero-order valence-electron chi connectivity index (χ0n) is 22.1. The van der Waals surface area contributed by atoms with Crippen LogP contribution in [0.1, 0.15) is 32.0 Å². The minimum Gasteiger partial charge on any atom is -0.339 e. The summed E-state index contributed by atoms with van der Waals surface area (Å²) < 4.78 is 94.4. The average Bonchev–Trinajstić information content (AvgIpc) is 3.65. The van der Waals surface area contributed by atoms with E-state index in [0.717, 1.165) is 16.8 Å². The highest BCUT2D eigenvalue weighted by molar-refractivity contribution is 6.32. The minimum absolute atomic E-state index is 0.0371. The molecule has 13 nitrogen and oxygen atoms in total. The van der Waals surface area contributed by atoms with Gasteiger partial charge in [-0.2, -0.15) is 51.9 Å². The summed E-state index contributed by atoms with van der Waals surface area (Å²) in [4.78, 5) is 30.3. The predicted octanol–water partition coefficient (Wildman–Crippen LogP) is 3.58. The standard InChI is InChI=1S/C24H15ClF7N11O2/c1-11-7-12(10-34)8-13(19(44)36-6-4-33)17(11)37-20(45)15-9-16(39-42(15)18-14(25)3-2-5-35-18)43-40-21(38-41-43)22(26,27)23(28,29)24(30,31)32/h2-3,5,7-9,41H,6H2,1H3,(H,36,44)(H,37,45)(H,38,40). The highest BCUT2D eigenvalue weighted by Gasteiger charge is 2.76. The molecule has 0 bridgehead atoms. The summed E-state index contributed by atoms with van der Waals surface area (Å²) >= 11 is 6.19. The molecule has 0 spiro atoms. The maximum Gasteiger partial charge on any atom is 0.460 e. The van der Waals surface area contributed by atoms with Gasteiger partial charge in [-0.05, 0) is 36.8 Å². The lowest BCUT2D eigenvalue weighted by Gasteiger charge is -2.27. The number of nitriles is 2. The molecule has 4 N–H and O–H groups in total. The second kappa shape index (κ2) is 11.8. The van der Waals surface area contributed by atoms with E-state index in [2.05, 4.69) is 25.8 Å². The van der Waals surface area contributed by atoms with Gasteiger partial charge in [-0.25, -0.2) is 9.67 Å². The van der Waals surface area contributed by atoms with E-state index in [-0.39, 0.29) is 33.2 Å². The molecule has 3 heterocycles. The SMILES string of the molecule is Cc1cc(C#N)cc(C(=O)NCC#N)c1NC(=O)c1cc(N2NN=C(C(F)(F)C(F)(F)C(F)(F)F)N2)nn1-c1ncccc1Cl. The lowest BCUT2D eigenvalue weighted by molar-refractivity contribution is -0.336. The Balaban J connectivity index is 1.74. The molecular weight excluding hydrogens is 643 g/mol. The van der Waals surface area contributed by atoms with Crippen molar-refractivity contribution in [3.05, 3.63) is 63.9 Å². The van der Waals surface area contributed by atoms with Crippen molar-refractivity contribution in [1.82, 2.24) is 31.0 Å². The average molecular weight is 658 g/mol. The van der Waals surface area contributed by atoms with Gasteiger partial charge in [-0.1, -0.05) is 11.6 Å². The highest BCUT2D eigenvalue weighted by atomic mass is 35.5. The first kappa shape index (κ1) is 32.3. The number of pyridine rings is 1. The van der Waals surface area contributed by atoms with Crippen LogP contribution in [0.25, 0.3) is 5.82 Å². The number of amides is 2. The van der Waals surface area contributed by atoms with E-state index >= 15 is 0 Å². The number of carbonyl (C=O) groups excluding carboxylic acids is 2. The molecule has 0 saturated heterocycles. The number of hydrogen-bond acceptors (Lipinski definition) is 10. The number of hydrogen-bond donors (Lipinski definition) is 4. The molecule has 1 aliphatic rings. The summed E-state index contributed by atoms with van der Waals surface area (Å²) in [6, 6.07) is 9.64. The van der Waals surface area contributed by atoms with E-state index in [1.165, 1.54) is 31.3 Å². The largest absolute Gasteiger partial charge is 0.460 e. The number of nitrogens with one attached hydrogen (secondary N) is 4. The molecule has 0 unspecified atom stereocenters. The molecule has 45 heavy (non-hydrogen) atoms. The topological polar surface area (TPSA) is 176 Å². The Kier molecular flexibility index (Phi) is 8.47. The third-order valence-electron chi connectivity index (χ3n) is 5.90. The maximum atomic E-state index is 14.2. The van der Waals surface area contributed by atoms with Crippen molar-refractivity contribution in [2.45, 2.75) is 24.9 Å². The van der Waals surface area contributed by atoms with Gasteiger partial charge in [0.05, 0.1) is 34.0 Å². The van der Waals surface area contributed by atoms with Gasteiger partial charge in [0.15, 0.2) is 11.6 Å². The summed E-state index contributed by atoms with van der Waals surface area (Å²) in [6.45, 7) is 1.04. The van der Waals surface area contributed by atoms with E-state index < -0.39 is 53.7 Å². The van der Waals surface area contributed by atoms with Crippen molar-refractivity contribution in [1.29, 1.82) is 10.5 Å². The molecule has 0 fully saturated rings. The van der Waals surface area contributed by atoms with Crippen LogP contribution in [-0.4, -0.2) is 57.0 Å². The van der Waals surface area contributed by atoms with Crippen LogP contribution in [-0.2, 0) is 0 Å². The molecule has 3 aromatic rings. The van der Waals surface area contributed by atoms with E-state index in [1.54, 1.807) is 17.0 Å². The number of rotatable bonds is 8. The lowest BCUT2D eigenvalue weighted by Crippen LogP contribution is -2.60. The van der Waals surface area contributed by atoms with Crippen LogP contribution < -0.4 is 26.7 Å². The van der Waals surface area contributed by atoms with Crippen LogP contribution in [0.2, 0.25) is 5.02 Å². The van der Waals surface area contributed by atoms with E-state index in [1.807, 2.05) is 6.07 Å². The van der Waals surface area contributed by atoms with Crippen LogP contribution in [0.3, 0.4) is 0 Å². The molecule has 0 saturated carbocycles. The van der Waals surface area contributed by atoms with Gasteiger partial charge in [0.2, 0.25) is 5.84 Å². The van der Waals surface area contributed by atoms with Crippen molar-refractivity contribution in [2.24, 2.45) is 5.10 Å².